The van der Waals surface area contributed by atoms with Crippen LogP contribution in [-0.2, 0) is 10.1 Å². The number of nitrogens with one attached hydrogen (secondary N) is 1. The molecule has 1 aromatic rings. The largest absolute Gasteiger partial charge is 0.383 e. The van der Waals surface area contributed by atoms with Gasteiger partial charge in [-0.15, -0.1) is 0 Å². The van der Waals surface area contributed by atoms with Gasteiger partial charge in [-0.3, -0.25) is 4.79 Å². The minimum absolute atomic E-state index is 0.0266. The molecule has 0 fully saturated rings. The Morgan fingerprint density at radius 3 is 2.58 bits per heavy atom. The first-order valence-corrected chi connectivity index (χ1v) is 7.40. The number of benzene rings is 1. The number of nitrogens with zero attached hydrogens (tertiary/aromatic N) is 1. The first kappa shape index (κ1) is 16.1. The lowest BCUT2D eigenvalue weighted by Crippen LogP contribution is -2.34. The summed E-state index contributed by atoms with van der Waals surface area (Å²) in [5.74, 6) is -0.0266. The number of hydrogen-bond acceptors (Lipinski definition) is 3. The number of alkyl halides is 1. The van der Waals surface area contributed by atoms with Gasteiger partial charge in [-0.25, -0.2) is 0 Å². The van der Waals surface area contributed by atoms with Crippen LogP contribution in [0, 0.1) is 0 Å². The number of halogens is 1. The summed E-state index contributed by atoms with van der Waals surface area (Å²) in [7, 11) is 3.70. The smallest absolute Gasteiger partial charge is 0.251 e. The molecule has 1 amide bonds. The Morgan fingerprint density at radius 2 is 2.00 bits per heavy atom. The molecule has 0 atom stereocenters. The van der Waals surface area contributed by atoms with E-state index in [1.807, 2.05) is 31.3 Å². The van der Waals surface area contributed by atoms with Gasteiger partial charge in [-0.2, -0.15) is 0 Å². The van der Waals surface area contributed by atoms with Crippen molar-refractivity contribution in [3.63, 3.8) is 0 Å². The maximum Gasteiger partial charge on any atom is 0.251 e. The van der Waals surface area contributed by atoms with Gasteiger partial charge in [0, 0.05) is 37.6 Å². The van der Waals surface area contributed by atoms with Gasteiger partial charge in [0.2, 0.25) is 0 Å². The molecule has 0 heterocycles. The Balaban J connectivity index is 2.30. The molecule has 19 heavy (non-hydrogen) atoms. The van der Waals surface area contributed by atoms with E-state index in [9.17, 15) is 4.79 Å². The van der Waals surface area contributed by atoms with E-state index in [0.717, 1.165) is 24.0 Å². The van der Waals surface area contributed by atoms with E-state index in [2.05, 4.69) is 26.1 Å². The molecule has 0 unspecified atom stereocenters. The number of hydrogen-bond donors (Lipinski definition) is 1. The fourth-order valence-corrected chi connectivity index (χ4v) is 1.94. The SMILES string of the molecule is COCCN(C)CCNC(=O)c1ccc(CBr)cc1. The molecule has 0 aliphatic carbocycles. The number of amides is 1. The van der Waals surface area contributed by atoms with Gasteiger partial charge in [0.15, 0.2) is 0 Å². The number of carbonyl (C=O) groups is 1. The minimum Gasteiger partial charge on any atom is -0.383 e. The van der Waals surface area contributed by atoms with Crippen LogP contribution in [0.4, 0.5) is 0 Å². The van der Waals surface area contributed by atoms with Crippen molar-refractivity contribution in [3.8, 4) is 0 Å². The number of carbonyl (C=O) groups excluding carboxylic acids is 1. The van der Waals surface area contributed by atoms with Crippen LogP contribution in [0.25, 0.3) is 0 Å². The van der Waals surface area contributed by atoms with Crippen molar-refractivity contribution >= 4 is 21.8 Å². The highest BCUT2D eigenvalue weighted by molar-refractivity contribution is 9.08. The van der Waals surface area contributed by atoms with E-state index in [-0.39, 0.29) is 5.91 Å². The predicted molar refractivity (Wildman–Crippen MR) is 80.8 cm³/mol. The lowest BCUT2D eigenvalue weighted by Gasteiger charge is -2.16. The lowest BCUT2D eigenvalue weighted by atomic mass is 10.1. The molecule has 4 nitrogen and oxygen atoms in total. The fourth-order valence-electron chi connectivity index (χ4n) is 1.57. The first-order chi connectivity index (χ1) is 9.17. The summed E-state index contributed by atoms with van der Waals surface area (Å²) in [4.78, 5) is 14.0. The van der Waals surface area contributed by atoms with Crippen LogP contribution in [0.2, 0.25) is 0 Å². The van der Waals surface area contributed by atoms with Crippen LogP contribution in [0.15, 0.2) is 24.3 Å². The molecule has 1 rings (SSSR count). The topological polar surface area (TPSA) is 41.6 Å². The maximum absolute atomic E-state index is 11.9. The highest BCUT2D eigenvalue weighted by Gasteiger charge is 2.05. The average molecular weight is 329 g/mol. The third-order valence-corrected chi connectivity index (χ3v) is 3.47. The number of ether oxygens (including phenoxy) is 1. The van der Waals surface area contributed by atoms with Gasteiger partial charge < -0.3 is 15.0 Å². The Morgan fingerprint density at radius 1 is 1.32 bits per heavy atom. The quantitative estimate of drug-likeness (QED) is 0.741. The number of rotatable bonds is 8. The third-order valence-electron chi connectivity index (χ3n) is 2.83. The number of methoxy groups -OCH3 is 1. The summed E-state index contributed by atoms with van der Waals surface area (Å²) in [6.07, 6.45) is 0. The molecular weight excluding hydrogens is 308 g/mol. The Kier molecular flexibility index (Phi) is 7.70. The van der Waals surface area contributed by atoms with E-state index in [1.54, 1.807) is 7.11 Å². The molecule has 5 heteroatoms. The van der Waals surface area contributed by atoms with Crippen LogP contribution < -0.4 is 5.32 Å². The Hall–Kier alpha value is -0.910. The standard InChI is InChI=1S/C14H21BrN2O2/c1-17(9-10-19-2)8-7-16-14(18)13-5-3-12(11-15)4-6-13/h3-6H,7-11H2,1-2H3,(H,16,18). The van der Waals surface area contributed by atoms with Crippen molar-refractivity contribution in [2.45, 2.75) is 5.33 Å². The van der Waals surface area contributed by atoms with E-state index in [0.29, 0.717) is 18.7 Å². The van der Waals surface area contributed by atoms with Crippen LogP contribution in [0.3, 0.4) is 0 Å². The molecule has 0 spiro atoms. The van der Waals surface area contributed by atoms with Crippen LogP contribution >= 0.6 is 15.9 Å². The van der Waals surface area contributed by atoms with E-state index in [4.69, 9.17) is 4.74 Å². The first-order valence-electron chi connectivity index (χ1n) is 6.28. The van der Waals surface area contributed by atoms with Gasteiger partial charge in [0.1, 0.15) is 0 Å². The van der Waals surface area contributed by atoms with Gasteiger partial charge in [0.25, 0.3) is 5.91 Å². The fraction of sp³-hybridized carbons (Fsp3) is 0.500. The normalized spacial score (nSPS) is 10.7. The van der Waals surface area contributed by atoms with Crippen molar-refractivity contribution in [3.05, 3.63) is 35.4 Å². The second-order valence-corrected chi connectivity index (χ2v) is 4.94. The lowest BCUT2D eigenvalue weighted by molar-refractivity contribution is 0.0947. The summed E-state index contributed by atoms with van der Waals surface area (Å²) >= 11 is 3.38. The Bertz CT molecular complexity index is 382. The van der Waals surface area contributed by atoms with Gasteiger partial charge in [-0.05, 0) is 24.7 Å². The Labute approximate surface area is 123 Å². The van der Waals surface area contributed by atoms with Gasteiger partial charge >= 0.3 is 0 Å². The molecule has 0 radical (unpaired) electrons. The highest BCUT2D eigenvalue weighted by Crippen LogP contribution is 2.07. The van der Waals surface area contributed by atoms with E-state index in [1.165, 1.54) is 0 Å². The highest BCUT2D eigenvalue weighted by atomic mass is 79.9. The zero-order valence-electron chi connectivity index (χ0n) is 11.5. The molecule has 0 saturated heterocycles. The molecule has 0 aromatic heterocycles. The number of likely N-dealkylation sites (N-methyl/N-ethyl adjacent to an activating group) is 1. The molecule has 0 saturated carbocycles. The van der Waals surface area contributed by atoms with Crippen LogP contribution in [0.1, 0.15) is 15.9 Å². The van der Waals surface area contributed by atoms with Crippen molar-refractivity contribution in [2.24, 2.45) is 0 Å². The van der Waals surface area contributed by atoms with Gasteiger partial charge in [0.05, 0.1) is 6.61 Å². The molecule has 0 aliphatic heterocycles. The predicted octanol–water partition coefficient (Wildman–Crippen LogP) is 1.89. The summed E-state index contributed by atoms with van der Waals surface area (Å²) in [5.41, 5.74) is 1.86. The molecule has 1 aromatic carbocycles. The summed E-state index contributed by atoms with van der Waals surface area (Å²) in [6, 6.07) is 7.60. The summed E-state index contributed by atoms with van der Waals surface area (Å²) in [5, 5.41) is 3.72. The van der Waals surface area contributed by atoms with Crippen LogP contribution in [0.5, 0.6) is 0 Å². The zero-order chi connectivity index (χ0) is 14.1. The second kappa shape index (κ2) is 9.07. The monoisotopic (exact) mass is 328 g/mol. The second-order valence-electron chi connectivity index (χ2n) is 4.38. The van der Waals surface area contributed by atoms with E-state index >= 15 is 0 Å². The summed E-state index contributed by atoms with van der Waals surface area (Å²) < 4.78 is 5.00. The van der Waals surface area contributed by atoms with Crippen molar-refractivity contribution < 1.29 is 9.53 Å². The summed E-state index contributed by atoms with van der Waals surface area (Å²) in [6.45, 7) is 3.03. The van der Waals surface area contributed by atoms with Crippen LogP contribution in [-0.4, -0.2) is 51.2 Å². The minimum atomic E-state index is -0.0266. The molecular formula is C14H21BrN2O2. The molecule has 0 bridgehead atoms. The molecule has 1 N–H and O–H groups in total. The molecule has 0 aliphatic rings. The average Bonchev–Trinajstić information content (AvgIpc) is 2.45. The van der Waals surface area contributed by atoms with Gasteiger partial charge in [-0.1, -0.05) is 28.1 Å². The zero-order valence-corrected chi connectivity index (χ0v) is 13.1. The van der Waals surface area contributed by atoms with Crippen molar-refractivity contribution in [1.29, 1.82) is 0 Å². The maximum atomic E-state index is 11.9. The molecule has 106 valence electrons. The van der Waals surface area contributed by atoms with Crippen molar-refractivity contribution in [2.75, 3.05) is 40.4 Å². The third kappa shape index (κ3) is 6.18. The van der Waals surface area contributed by atoms with Crippen molar-refractivity contribution in [1.82, 2.24) is 10.2 Å². The van der Waals surface area contributed by atoms with E-state index < -0.39 is 0 Å².